The first-order valence-corrected chi connectivity index (χ1v) is 4.64. The minimum Gasteiger partial charge on any atom is -0.467 e. The first-order chi connectivity index (χ1) is 8.88. The molecule has 6 heteroatoms. The molecule has 2 amide bonds. The smallest absolute Gasteiger partial charge is 0.334 e. The summed E-state index contributed by atoms with van der Waals surface area (Å²) in [6.45, 7) is -2.93. The Labute approximate surface area is 99.5 Å². The molecule has 0 aliphatic carbocycles. The monoisotopic (exact) mass is 237 g/mol. The number of rotatable bonds is 3. The lowest BCUT2D eigenvalue weighted by molar-refractivity contribution is -0.158. The van der Waals surface area contributed by atoms with E-state index in [-0.39, 0.29) is 16.2 Å². The van der Waals surface area contributed by atoms with E-state index in [0.29, 0.717) is 0 Å². The molecule has 6 nitrogen and oxygen atoms in total. The minimum atomic E-state index is -2.93. The highest BCUT2D eigenvalue weighted by Crippen LogP contribution is 2.22. The molecule has 2 rings (SSSR count). The fourth-order valence-electron chi connectivity index (χ4n) is 1.37. The Morgan fingerprint density at radius 2 is 1.82 bits per heavy atom. The molecule has 1 aromatic carbocycles. The third kappa shape index (κ3) is 1.90. The molecule has 1 aliphatic rings. The number of ether oxygens (including phenoxy) is 1. The van der Waals surface area contributed by atoms with Crippen LogP contribution in [-0.2, 0) is 14.4 Å². The minimum absolute atomic E-state index is 0.0909. The van der Waals surface area contributed by atoms with Crippen molar-refractivity contribution in [2.45, 2.75) is 0 Å². The molecule has 0 aromatic heterocycles. The number of hydroxylamine groups is 2. The van der Waals surface area contributed by atoms with Gasteiger partial charge in [0.2, 0.25) is 0 Å². The van der Waals surface area contributed by atoms with E-state index >= 15 is 0 Å². The highest BCUT2D eigenvalue weighted by molar-refractivity contribution is 6.20. The second kappa shape index (κ2) is 4.34. The molecule has 0 radical (unpaired) electrons. The Balaban J connectivity index is 2.28. The number of hydrogen-bond donors (Lipinski definition) is 0. The standard InChI is InChI=1S/C11H9NO5/c1-16-9(13)6-17-12-10(14)7-4-2-3-5-8(7)11(12)15/h2-5H,6H2,1H3/i6D2. The van der Waals surface area contributed by atoms with Crippen molar-refractivity contribution in [1.29, 1.82) is 0 Å². The van der Waals surface area contributed by atoms with Crippen LogP contribution in [0.5, 0.6) is 0 Å². The van der Waals surface area contributed by atoms with Gasteiger partial charge in [-0.2, -0.15) is 0 Å². The summed E-state index contributed by atoms with van der Waals surface area (Å²) in [5, 5.41) is 0.224. The van der Waals surface area contributed by atoms with Crippen LogP contribution < -0.4 is 0 Å². The van der Waals surface area contributed by atoms with Crippen molar-refractivity contribution in [3.63, 3.8) is 0 Å². The zero-order valence-corrected chi connectivity index (χ0v) is 8.80. The molecule has 88 valence electrons. The lowest BCUT2D eigenvalue weighted by Crippen LogP contribution is -2.32. The Hall–Kier alpha value is -2.21. The highest BCUT2D eigenvalue weighted by atomic mass is 16.7. The highest BCUT2D eigenvalue weighted by Gasteiger charge is 2.36. The second-order valence-electron chi connectivity index (χ2n) is 3.14. The van der Waals surface area contributed by atoms with E-state index in [1.54, 1.807) is 12.1 Å². The van der Waals surface area contributed by atoms with Crippen LogP contribution in [0.3, 0.4) is 0 Å². The number of carbonyl (C=O) groups is 3. The van der Waals surface area contributed by atoms with Gasteiger partial charge in [-0.1, -0.05) is 12.1 Å². The number of amides is 2. The zero-order valence-electron chi connectivity index (χ0n) is 10.8. The molecule has 0 fully saturated rings. The van der Waals surface area contributed by atoms with Crippen LogP contribution in [0.25, 0.3) is 0 Å². The zero-order chi connectivity index (χ0) is 14.2. The van der Waals surface area contributed by atoms with Crippen molar-refractivity contribution in [3.05, 3.63) is 35.4 Å². The number of esters is 1. The molecule has 1 aromatic rings. The van der Waals surface area contributed by atoms with E-state index in [1.165, 1.54) is 12.1 Å². The van der Waals surface area contributed by atoms with Gasteiger partial charge in [-0.25, -0.2) is 4.79 Å². The quantitative estimate of drug-likeness (QED) is 0.561. The Bertz CT molecular complexity index is 537. The Morgan fingerprint density at radius 1 is 1.29 bits per heavy atom. The molecule has 0 saturated heterocycles. The van der Waals surface area contributed by atoms with E-state index < -0.39 is 24.3 Å². The fourth-order valence-corrected chi connectivity index (χ4v) is 1.37. The summed E-state index contributed by atoms with van der Waals surface area (Å²) in [6, 6.07) is 5.93. The summed E-state index contributed by atoms with van der Waals surface area (Å²) < 4.78 is 18.8. The van der Waals surface area contributed by atoms with E-state index in [9.17, 15) is 14.4 Å². The van der Waals surface area contributed by atoms with Gasteiger partial charge >= 0.3 is 5.97 Å². The Kier molecular flexibility index (Phi) is 2.27. The number of hydrogen-bond acceptors (Lipinski definition) is 5. The molecule has 0 unspecified atom stereocenters. The van der Waals surface area contributed by atoms with Crippen molar-refractivity contribution in [1.82, 2.24) is 5.06 Å². The maximum absolute atomic E-state index is 11.9. The SMILES string of the molecule is [2H]C([2H])(ON1C(=O)c2ccccc2C1=O)C(=O)OC. The maximum atomic E-state index is 11.9. The Morgan fingerprint density at radius 3 is 2.29 bits per heavy atom. The average Bonchev–Trinajstić information content (AvgIpc) is 2.63. The molecule has 1 heterocycles. The number of nitrogens with zero attached hydrogens (tertiary/aromatic N) is 1. The first kappa shape index (κ1) is 8.89. The summed E-state index contributed by atoms with van der Waals surface area (Å²) in [4.78, 5) is 39.4. The van der Waals surface area contributed by atoms with Crippen LogP contribution in [0.2, 0.25) is 0 Å². The van der Waals surface area contributed by atoms with Gasteiger partial charge in [0.25, 0.3) is 11.8 Å². The number of carbonyl (C=O) groups excluding carboxylic acids is 3. The van der Waals surface area contributed by atoms with Crippen LogP contribution in [0.4, 0.5) is 0 Å². The van der Waals surface area contributed by atoms with Crippen molar-refractivity contribution in [3.8, 4) is 0 Å². The summed E-state index contributed by atoms with van der Waals surface area (Å²) in [7, 11) is 0.964. The molecule has 0 N–H and O–H groups in total. The maximum Gasteiger partial charge on any atom is 0.334 e. The van der Waals surface area contributed by atoms with Gasteiger partial charge in [-0.15, -0.1) is 5.06 Å². The predicted octanol–water partition coefficient (Wildman–Crippen LogP) is 0.387. The third-order valence-corrected chi connectivity index (χ3v) is 2.16. The first-order valence-electron chi connectivity index (χ1n) is 5.64. The van der Waals surface area contributed by atoms with Crippen molar-refractivity contribution >= 4 is 17.8 Å². The number of benzene rings is 1. The van der Waals surface area contributed by atoms with E-state index in [0.717, 1.165) is 7.11 Å². The fraction of sp³-hybridized carbons (Fsp3) is 0.182. The van der Waals surface area contributed by atoms with Crippen LogP contribution in [0, 0.1) is 0 Å². The lowest BCUT2D eigenvalue weighted by Gasteiger charge is -2.11. The van der Waals surface area contributed by atoms with E-state index in [1.807, 2.05) is 0 Å². The number of methoxy groups -OCH3 is 1. The molecule has 0 saturated carbocycles. The normalized spacial score (nSPS) is 16.4. The van der Waals surface area contributed by atoms with Crippen LogP contribution in [0.15, 0.2) is 24.3 Å². The molecule has 0 spiro atoms. The summed E-state index contributed by atoms with van der Waals surface area (Å²) in [5.74, 6) is -2.99. The van der Waals surface area contributed by atoms with Crippen molar-refractivity contribution in [2.75, 3.05) is 13.7 Å². The van der Waals surface area contributed by atoms with Crippen LogP contribution in [-0.4, -0.2) is 36.5 Å². The summed E-state index contributed by atoms with van der Waals surface area (Å²) in [6.07, 6.45) is 0. The number of fused-ring (bicyclic) bond motifs is 1. The topological polar surface area (TPSA) is 72.9 Å². The van der Waals surface area contributed by atoms with Gasteiger partial charge in [0.1, 0.15) is 0 Å². The van der Waals surface area contributed by atoms with Crippen molar-refractivity contribution < 1.29 is 26.7 Å². The lowest BCUT2D eigenvalue weighted by atomic mass is 10.1. The van der Waals surface area contributed by atoms with Gasteiger partial charge in [0, 0.05) is 0 Å². The second-order valence-corrected chi connectivity index (χ2v) is 3.14. The molecular weight excluding hydrogens is 226 g/mol. The largest absolute Gasteiger partial charge is 0.467 e. The van der Waals surface area contributed by atoms with Gasteiger partial charge < -0.3 is 4.74 Å². The predicted molar refractivity (Wildman–Crippen MR) is 54.9 cm³/mol. The van der Waals surface area contributed by atoms with Gasteiger partial charge in [-0.05, 0) is 12.1 Å². The van der Waals surface area contributed by atoms with Gasteiger partial charge in [0.15, 0.2) is 6.56 Å². The van der Waals surface area contributed by atoms with E-state index in [2.05, 4.69) is 9.57 Å². The van der Waals surface area contributed by atoms with Gasteiger partial charge in [0.05, 0.1) is 21.0 Å². The number of imide groups is 1. The van der Waals surface area contributed by atoms with Crippen LogP contribution >= 0.6 is 0 Å². The summed E-state index contributed by atoms with van der Waals surface area (Å²) in [5.41, 5.74) is 0.182. The third-order valence-electron chi connectivity index (χ3n) is 2.16. The molecule has 17 heavy (non-hydrogen) atoms. The van der Waals surface area contributed by atoms with Gasteiger partial charge in [-0.3, -0.25) is 14.4 Å². The van der Waals surface area contributed by atoms with Crippen LogP contribution in [0.1, 0.15) is 23.5 Å². The van der Waals surface area contributed by atoms with Crippen molar-refractivity contribution in [2.24, 2.45) is 0 Å². The van der Waals surface area contributed by atoms with E-state index in [4.69, 9.17) is 2.74 Å². The average molecular weight is 237 g/mol. The molecule has 0 bridgehead atoms. The molecular formula is C11H9NO5. The summed E-state index contributed by atoms with van der Waals surface area (Å²) >= 11 is 0. The molecule has 0 atom stereocenters. The molecule has 1 aliphatic heterocycles.